The standard InChI is InChI=1S/C24H26FN7O/c1-14(33)11-27-20-18-21(28-13-24(18,2)3)30-22(29-20)19-16-8-6-10-26-23(16)32(31-19)12-15-7-4-5-9-17(15)25/h4-10,14,33H,11-13H2,1-3H3,(H2,27,28,29,30). The zero-order valence-corrected chi connectivity index (χ0v) is 18.8. The molecule has 0 saturated carbocycles. The first kappa shape index (κ1) is 21.3. The summed E-state index contributed by atoms with van der Waals surface area (Å²) in [5, 5.41) is 22.0. The van der Waals surface area contributed by atoms with Crippen molar-refractivity contribution in [3.63, 3.8) is 0 Å². The third-order valence-electron chi connectivity index (χ3n) is 5.85. The first-order valence-corrected chi connectivity index (χ1v) is 11.0. The van der Waals surface area contributed by atoms with Crippen molar-refractivity contribution < 1.29 is 9.50 Å². The molecule has 5 rings (SSSR count). The molecule has 9 heteroatoms. The average Bonchev–Trinajstić information content (AvgIpc) is 3.31. The fourth-order valence-electron chi connectivity index (χ4n) is 4.17. The molecule has 3 aromatic heterocycles. The van der Waals surface area contributed by atoms with E-state index in [2.05, 4.69) is 29.5 Å². The van der Waals surface area contributed by atoms with Crippen molar-refractivity contribution in [2.45, 2.75) is 38.8 Å². The summed E-state index contributed by atoms with van der Waals surface area (Å²) >= 11 is 0. The number of aliphatic hydroxyl groups is 1. The third-order valence-corrected chi connectivity index (χ3v) is 5.85. The van der Waals surface area contributed by atoms with Crippen molar-refractivity contribution in [3.05, 3.63) is 59.5 Å². The minimum absolute atomic E-state index is 0.164. The predicted molar refractivity (Wildman–Crippen MR) is 126 cm³/mol. The van der Waals surface area contributed by atoms with E-state index in [0.29, 0.717) is 35.1 Å². The summed E-state index contributed by atoms with van der Waals surface area (Å²) in [5.41, 5.74) is 2.55. The number of benzene rings is 1. The maximum atomic E-state index is 14.3. The zero-order valence-electron chi connectivity index (χ0n) is 18.8. The van der Waals surface area contributed by atoms with Crippen LogP contribution in [0.1, 0.15) is 31.9 Å². The summed E-state index contributed by atoms with van der Waals surface area (Å²) < 4.78 is 16.0. The quantitative estimate of drug-likeness (QED) is 0.415. The van der Waals surface area contributed by atoms with Crippen molar-refractivity contribution in [1.29, 1.82) is 0 Å². The number of nitrogens with one attached hydrogen (secondary N) is 2. The van der Waals surface area contributed by atoms with Crippen LogP contribution in [0.3, 0.4) is 0 Å². The van der Waals surface area contributed by atoms with E-state index in [4.69, 9.17) is 15.1 Å². The second-order valence-corrected chi connectivity index (χ2v) is 9.06. The summed E-state index contributed by atoms with van der Waals surface area (Å²) in [6.45, 7) is 7.32. The Morgan fingerprint density at radius 2 is 2.03 bits per heavy atom. The Morgan fingerprint density at radius 3 is 2.82 bits per heavy atom. The van der Waals surface area contributed by atoms with Crippen molar-refractivity contribution in [1.82, 2.24) is 24.7 Å². The van der Waals surface area contributed by atoms with Crippen molar-refractivity contribution >= 4 is 22.7 Å². The van der Waals surface area contributed by atoms with Gasteiger partial charge in [0.1, 0.15) is 23.1 Å². The van der Waals surface area contributed by atoms with Crippen LogP contribution in [0.25, 0.3) is 22.6 Å². The summed E-state index contributed by atoms with van der Waals surface area (Å²) in [7, 11) is 0. The number of anilines is 2. The number of aliphatic hydroxyl groups excluding tert-OH is 1. The van der Waals surface area contributed by atoms with Crippen molar-refractivity contribution in [2.75, 3.05) is 23.7 Å². The van der Waals surface area contributed by atoms with Gasteiger partial charge in [0, 0.05) is 35.8 Å². The van der Waals surface area contributed by atoms with Crippen LogP contribution in [-0.4, -0.2) is 49.0 Å². The average molecular weight is 448 g/mol. The number of pyridine rings is 1. The van der Waals surface area contributed by atoms with Gasteiger partial charge < -0.3 is 15.7 Å². The maximum Gasteiger partial charge on any atom is 0.184 e. The molecule has 33 heavy (non-hydrogen) atoms. The lowest BCUT2D eigenvalue weighted by Gasteiger charge is -2.21. The molecule has 0 amide bonds. The Balaban J connectivity index is 1.64. The fraction of sp³-hybridized carbons (Fsp3) is 0.333. The fourth-order valence-corrected chi connectivity index (χ4v) is 4.17. The van der Waals surface area contributed by atoms with Crippen LogP contribution in [0.2, 0.25) is 0 Å². The van der Waals surface area contributed by atoms with Gasteiger partial charge in [-0.3, -0.25) is 0 Å². The molecule has 0 bridgehead atoms. The van der Waals surface area contributed by atoms with Gasteiger partial charge in [-0.25, -0.2) is 24.0 Å². The summed E-state index contributed by atoms with van der Waals surface area (Å²) in [4.78, 5) is 14.1. The van der Waals surface area contributed by atoms with Crippen LogP contribution in [0.15, 0.2) is 42.6 Å². The number of rotatable bonds is 6. The second-order valence-electron chi connectivity index (χ2n) is 9.06. The lowest BCUT2D eigenvalue weighted by Crippen LogP contribution is -2.23. The van der Waals surface area contributed by atoms with E-state index >= 15 is 0 Å². The van der Waals surface area contributed by atoms with Crippen LogP contribution in [-0.2, 0) is 12.0 Å². The van der Waals surface area contributed by atoms with Gasteiger partial charge in [-0.15, -0.1) is 0 Å². The van der Waals surface area contributed by atoms with Crippen LogP contribution in [0.4, 0.5) is 16.0 Å². The molecule has 0 spiro atoms. The first-order valence-electron chi connectivity index (χ1n) is 11.0. The van der Waals surface area contributed by atoms with Gasteiger partial charge in [0.05, 0.1) is 18.0 Å². The highest BCUT2D eigenvalue weighted by atomic mass is 19.1. The molecule has 0 radical (unpaired) electrons. The van der Waals surface area contributed by atoms with Crippen molar-refractivity contribution in [2.24, 2.45) is 0 Å². The Hall–Kier alpha value is -3.59. The van der Waals surface area contributed by atoms with Crippen molar-refractivity contribution in [3.8, 4) is 11.5 Å². The molecule has 1 aliphatic heterocycles. The summed E-state index contributed by atoms with van der Waals surface area (Å²) in [6, 6.07) is 10.4. The van der Waals surface area contributed by atoms with E-state index < -0.39 is 6.10 Å². The number of nitrogens with zero attached hydrogens (tertiary/aromatic N) is 5. The second kappa shape index (κ2) is 8.08. The minimum atomic E-state index is -0.526. The molecule has 3 N–H and O–H groups in total. The molecule has 1 atom stereocenters. The van der Waals surface area contributed by atoms with Gasteiger partial charge >= 0.3 is 0 Å². The van der Waals surface area contributed by atoms with E-state index in [1.807, 2.05) is 12.1 Å². The van der Waals surface area contributed by atoms with Crippen LogP contribution in [0, 0.1) is 5.82 Å². The molecule has 1 aromatic carbocycles. The number of hydrogen-bond acceptors (Lipinski definition) is 7. The van der Waals surface area contributed by atoms with Gasteiger partial charge in [-0.1, -0.05) is 32.0 Å². The van der Waals surface area contributed by atoms with Gasteiger partial charge in [0.2, 0.25) is 0 Å². The normalized spacial score (nSPS) is 15.3. The highest BCUT2D eigenvalue weighted by Gasteiger charge is 2.35. The molecule has 0 fully saturated rings. The molecule has 0 saturated heterocycles. The van der Waals surface area contributed by atoms with E-state index in [9.17, 15) is 9.50 Å². The lowest BCUT2D eigenvalue weighted by atomic mass is 9.88. The molecule has 170 valence electrons. The molecule has 4 aromatic rings. The van der Waals surface area contributed by atoms with E-state index in [0.717, 1.165) is 23.3 Å². The van der Waals surface area contributed by atoms with E-state index in [-0.39, 0.29) is 17.8 Å². The van der Waals surface area contributed by atoms with Gasteiger partial charge in [-0.05, 0) is 25.1 Å². The Labute approximate surface area is 190 Å². The smallest absolute Gasteiger partial charge is 0.184 e. The largest absolute Gasteiger partial charge is 0.392 e. The summed E-state index contributed by atoms with van der Waals surface area (Å²) in [6.07, 6.45) is 1.16. The molecule has 1 aliphatic rings. The topological polar surface area (TPSA) is 101 Å². The lowest BCUT2D eigenvalue weighted by molar-refractivity contribution is 0.208. The molecule has 8 nitrogen and oxygen atoms in total. The molecule has 4 heterocycles. The van der Waals surface area contributed by atoms with Gasteiger partial charge in [0.25, 0.3) is 0 Å². The third kappa shape index (κ3) is 3.89. The number of aromatic nitrogens is 5. The predicted octanol–water partition coefficient (Wildman–Crippen LogP) is 3.57. The van der Waals surface area contributed by atoms with Gasteiger partial charge in [0.15, 0.2) is 11.5 Å². The monoisotopic (exact) mass is 447 g/mol. The summed E-state index contributed by atoms with van der Waals surface area (Å²) in [5.74, 6) is 1.58. The molecular weight excluding hydrogens is 421 g/mol. The Kier molecular flexibility index (Phi) is 5.20. The first-order chi connectivity index (χ1) is 15.8. The zero-order chi connectivity index (χ0) is 23.2. The molecule has 1 unspecified atom stereocenters. The van der Waals surface area contributed by atoms with Crippen LogP contribution in [0.5, 0.6) is 0 Å². The molecular formula is C24H26FN7O. The SMILES string of the molecule is CC(O)CNc1nc(-c2nn(Cc3ccccc3F)c3ncccc23)nc2c1C(C)(C)CN2. The van der Waals surface area contributed by atoms with Crippen LogP contribution >= 0.6 is 0 Å². The van der Waals surface area contributed by atoms with Crippen LogP contribution < -0.4 is 10.6 Å². The number of fused-ring (bicyclic) bond motifs is 2. The highest BCUT2D eigenvalue weighted by Crippen LogP contribution is 2.41. The maximum absolute atomic E-state index is 14.3. The molecule has 0 aliphatic carbocycles. The Morgan fingerprint density at radius 1 is 1.21 bits per heavy atom. The van der Waals surface area contributed by atoms with Gasteiger partial charge in [-0.2, -0.15) is 5.10 Å². The number of halogens is 1. The minimum Gasteiger partial charge on any atom is -0.392 e. The Bertz CT molecular complexity index is 1330. The number of hydrogen-bond donors (Lipinski definition) is 3. The highest BCUT2D eigenvalue weighted by molar-refractivity contribution is 5.90. The van der Waals surface area contributed by atoms with E-state index in [1.165, 1.54) is 6.07 Å². The van der Waals surface area contributed by atoms with E-state index in [1.54, 1.807) is 36.0 Å².